The van der Waals surface area contributed by atoms with Crippen molar-refractivity contribution < 1.29 is 4.74 Å². The van der Waals surface area contributed by atoms with Crippen LogP contribution in [0.15, 0.2) is 28.9 Å². The van der Waals surface area contributed by atoms with Gasteiger partial charge < -0.3 is 9.72 Å². The first-order valence-electron chi connectivity index (χ1n) is 3.62. The predicted octanol–water partition coefficient (Wildman–Crippen LogP) is 2.94. The quantitative estimate of drug-likeness (QED) is 0.794. The average molecular weight is 226 g/mol. The van der Waals surface area contributed by atoms with E-state index in [4.69, 9.17) is 4.74 Å². The van der Waals surface area contributed by atoms with Crippen molar-refractivity contribution in [1.29, 1.82) is 0 Å². The Morgan fingerprint density at radius 1 is 1.42 bits per heavy atom. The molecule has 0 aliphatic heterocycles. The summed E-state index contributed by atoms with van der Waals surface area (Å²) in [5.41, 5.74) is 1.09. The van der Waals surface area contributed by atoms with Gasteiger partial charge in [-0.3, -0.25) is 0 Å². The number of methoxy groups -OCH3 is 1. The summed E-state index contributed by atoms with van der Waals surface area (Å²) < 4.78 is 6.14. The van der Waals surface area contributed by atoms with Crippen molar-refractivity contribution in [1.82, 2.24) is 4.98 Å². The largest absolute Gasteiger partial charge is 0.495 e. The Morgan fingerprint density at radius 2 is 2.25 bits per heavy atom. The van der Waals surface area contributed by atoms with Crippen molar-refractivity contribution >= 4 is 26.8 Å². The Hall–Kier alpha value is -0.960. The highest BCUT2D eigenvalue weighted by molar-refractivity contribution is 9.10. The van der Waals surface area contributed by atoms with Crippen LogP contribution in [0.3, 0.4) is 0 Å². The Balaban J connectivity index is 2.73. The van der Waals surface area contributed by atoms with E-state index in [-0.39, 0.29) is 0 Å². The van der Waals surface area contributed by atoms with Crippen molar-refractivity contribution in [3.05, 3.63) is 28.9 Å². The number of ether oxygens (including phenoxy) is 1. The molecule has 2 rings (SSSR count). The van der Waals surface area contributed by atoms with Gasteiger partial charge in [0, 0.05) is 23.2 Å². The molecule has 62 valence electrons. The monoisotopic (exact) mass is 225 g/mol. The van der Waals surface area contributed by atoms with E-state index in [1.807, 2.05) is 24.4 Å². The van der Waals surface area contributed by atoms with Crippen molar-refractivity contribution in [2.75, 3.05) is 7.11 Å². The van der Waals surface area contributed by atoms with Crippen molar-refractivity contribution in [2.24, 2.45) is 0 Å². The number of fused-ring (bicyclic) bond motifs is 1. The molecule has 12 heavy (non-hydrogen) atoms. The van der Waals surface area contributed by atoms with Crippen LogP contribution in [0.1, 0.15) is 0 Å². The lowest BCUT2D eigenvalue weighted by molar-refractivity contribution is 0.413. The van der Waals surface area contributed by atoms with Gasteiger partial charge in [0.25, 0.3) is 0 Å². The second-order valence-electron chi connectivity index (χ2n) is 2.55. The van der Waals surface area contributed by atoms with Crippen LogP contribution in [0.2, 0.25) is 0 Å². The molecule has 0 radical (unpaired) electrons. The molecule has 0 spiro atoms. The van der Waals surface area contributed by atoms with E-state index >= 15 is 0 Å². The summed E-state index contributed by atoms with van der Waals surface area (Å²) in [5, 5.41) is 1.18. The van der Waals surface area contributed by atoms with Gasteiger partial charge in [0.05, 0.1) is 11.6 Å². The minimum absolute atomic E-state index is 0.852. The van der Waals surface area contributed by atoms with Crippen molar-refractivity contribution in [2.45, 2.75) is 0 Å². The summed E-state index contributed by atoms with van der Waals surface area (Å²) in [5.74, 6) is 0.852. The molecule has 0 atom stereocenters. The predicted molar refractivity (Wildman–Crippen MR) is 52.6 cm³/mol. The van der Waals surface area contributed by atoms with E-state index in [1.165, 1.54) is 5.39 Å². The molecule has 0 unspecified atom stereocenters. The van der Waals surface area contributed by atoms with Gasteiger partial charge in [0.1, 0.15) is 5.75 Å². The lowest BCUT2D eigenvalue weighted by Gasteiger charge is -2.02. The van der Waals surface area contributed by atoms with Crippen LogP contribution in [-0.4, -0.2) is 12.1 Å². The number of rotatable bonds is 1. The molecule has 0 saturated carbocycles. The Morgan fingerprint density at radius 3 is 3.00 bits per heavy atom. The number of hydrogen-bond donors (Lipinski definition) is 1. The molecule has 0 amide bonds. The lowest BCUT2D eigenvalue weighted by atomic mass is 10.2. The van der Waals surface area contributed by atoms with Crippen molar-refractivity contribution in [3.63, 3.8) is 0 Å². The number of H-pyrrole nitrogens is 1. The van der Waals surface area contributed by atoms with Gasteiger partial charge in [-0.2, -0.15) is 0 Å². The molecule has 1 aromatic heterocycles. The molecule has 0 fully saturated rings. The molecule has 2 aromatic rings. The van der Waals surface area contributed by atoms with Crippen LogP contribution in [0.25, 0.3) is 10.9 Å². The van der Waals surface area contributed by atoms with Crippen molar-refractivity contribution in [3.8, 4) is 5.75 Å². The van der Waals surface area contributed by atoms with Gasteiger partial charge in [-0.15, -0.1) is 0 Å². The summed E-state index contributed by atoms with van der Waals surface area (Å²) >= 11 is 3.42. The SMILES string of the molecule is COc1cc2[nH]ccc2cc1Br. The Bertz CT molecular complexity index is 408. The van der Waals surface area contributed by atoms with Crippen LogP contribution in [-0.2, 0) is 0 Å². The van der Waals surface area contributed by atoms with E-state index in [9.17, 15) is 0 Å². The molecule has 0 saturated heterocycles. The fraction of sp³-hybridized carbons (Fsp3) is 0.111. The first-order valence-corrected chi connectivity index (χ1v) is 4.41. The summed E-state index contributed by atoms with van der Waals surface area (Å²) in [6, 6.07) is 6.03. The van der Waals surface area contributed by atoms with Crippen LogP contribution >= 0.6 is 15.9 Å². The molecular weight excluding hydrogens is 218 g/mol. The van der Waals surface area contributed by atoms with Gasteiger partial charge in [-0.1, -0.05) is 0 Å². The van der Waals surface area contributed by atoms with Crippen LogP contribution in [0.4, 0.5) is 0 Å². The van der Waals surface area contributed by atoms with Gasteiger partial charge in [-0.25, -0.2) is 0 Å². The maximum atomic E-state index is 5.16. The van der Waals surface area contributed by atoms with E-state index in [0.717, 1.165) is 15.7 Å². The third-order valence-corrected chi connectivity index (χ3v) is 2.45. The van der Waals surface area contributed by atoms with Gasteiger partial charge >= 0.3 is 0 Å². The van der Waals surface area contributed by atoms with E-state index in [1.54, 1.807) is 7.11 Å². The maximum absolute atomic E-state index is 5.16. The number of aromatic nitrogens is 1. The highest BCUT2D eigenvalue weighted by Crippen LogP contribution is 2.29. The average Bonchev–Trinajstić information content (AvgIpc) is 2.49. The third kappa shape index (κ3) is 1.10. The molecular formula is C9H8BrNO. The maximum Gasteiger partial charge on any atom is 0.135 e. The highest BCUT2D eigenvalue weighted by atomic mass is 79.9. The lowest BCUT2D eigenvalue weighted by Crippen LogP contribution is -1.83. The highest BCUT2D eigenvalue weighted by Gasteiger charge is 2.02. The topological polar surface area (TPSA) is 25.0 Å². The molecule has 1 aromatic carbocycles. The fourth-order valence-electron chi connectivity index (χ4n) is 1.21. The summed E-state index contributed by atoms with van der Waals surface area (Å²) in [6.45, 7) is 0. The van der Waals surface area contributed by atoms with E-state index in [2.05, 4.69) is 20.9 Å². The number of benzene rings is 1. The summed E-state index contributed by atoms with van der Waals surface area (Å²) in [7, 11) is 1.66. The molecule has 0 aliphatic rings. The second kappa shape index (κ2) is 2.83. The fourth-order valence-corrected chi connectivity index (χ4v) is 1.73. The van der Waals surface area contributed by atoms with Crippen LogP contribution in [0, 0.1) is 0 Å². The molecule has 0 bridgehead atoms. The van der Waals surface area contributed by atoms with E-state index < -0.39 is 0 Å². The summed E-state index contributed by atoms with van der Waals surface area (Å²) in [6.07, 6.45) is 1.91. The first kappa shape index (κ1) is 7.68. The van der Waals surface area contributed by atoms with Gasteiger partial charge in [0.2, 0.25) is 0 Å². The second-order valence-corrected chi connectivity index (χ2v) is 3.41. The van der Waals surface area contributed by atoms with E-state index in [0.29, 0.717) is 0 Å². The number of aromatic amines is 1. The van der Waals surface area contributed by atoms with Gasteiger partial charge in [-0.05, 0) is 28.1 Å². The smallest absolute Gasteiger partial charge is 0.135 e. The van der Waals surface area contributed by atoms with Gasteiger partial charge in [0.15, 0.2) is 0 Å². The minimum atomic E-state index is 0.852. The number of hydrogen-bond acceptors (Lipinski definition) is 1. The Kier molecular flexibility index (Phi) is 1.81. The first-order chi connectivity index (χ1) is 5.81. The normalized spacial score (nSPS) is 10.5. The Labute approximate surface area is 78.7 Å². The molecule has 1 heterocycles. The molecule has 3 heteroatoms. The van der Waals surface area contributed by atoms with Crippen LogP contribution in [0.5, 0.6) is 5.75 Å². The molecule has 1 N–H and O–H groups in total. The number of nitrogens with one attached hydrogen (secondary N) is 1. The third-order valence-electron chi connectivity index (χ3n) is 1.83. The molecule has 0 aliphatic carbocycles. The molecule has 2 nitrogen and oxygen atoms in total. The zero-order valence-electron chi connectivity index (χ0n) is 6.60. The zero-order valence-corrected chi connectivity index (χ0v) is 8.18. The zero-order chi connectivity index (χ0) is 8.55. The number of halogens is 1. The summed E-state index contributed by atoms with van der Waals surface area (Å²) in [4.78, 5) is 3.12. The minimum Gasteiger partial charge on any atom is -0.495 e. The standard InChI is InChI=1S/C9H8BrNO/c1-12-9-5-8-6(2-3-11-8)4-7(9)10/h2-5,11H,1H3. The van der Waals surface area contributed by atoms with Crippen LogP contribution < -0.4 is 4.74 Å².